The van der Waals surface area contributed by atoms with Gasteiger partial charge in [-0.15, -0.1) is 11.3 Å². The van der Waals surface area contributed by atoms with Crippen LogP contribution in [0.4, 0.5) is 13.2 Å². The van der Waals surface area contributed by atoms with Crippen LogP contribution in [0.2, 0.25) is 5.02 Å². The first kappa shape index (κ1) is 26.7. The largest absolute Gasteiger partial charge is 0.386 e. The zero-order valence-corrected chi connectivity index (χ0v) is 22.6. The molecule has 0 aliphatic carbocycles. The van der Waals surface area contributed by atoms with Crippen molar-refractivity contribution in [1.82, 2.24) is 25.0 Å². The average Bonchev–Trinajstić information content (AvgIpc) is 3.69. The highest BCUT2D eigenvalue weighted by atomic mass is 35.5. The third-order valence-electron chi connectivity index (χ3n) is 6.96. The highest BCUT2D eigenvalue weighted by molar-refractivity contribution is 7.11. The van der Waals surface area contributed by atoms with E-state index in [1.54, 1.807) is 6.20 Å². The number of fused-ring (bicyclic) bond motifs is 1. The average molecular weight is 585 g/mol. The fraction of sp³-hybridized carbons (Fsp3) is 0.250. The predicted molar refractivity (Wildman–Crippen MR) is 148 cm³/mol. The number of hydrogen-bond acceptors (Lipinski definition) is 7. The van der Waals surface area contributed by atoms with Crippen molar-refractivity contribution in [3.63, 3.8) is 0 Å². The van der Waals surface area contributed by atoms with Crippen LogP contribution in [-0.2, 0) is 6.54 Å². The monoisotopic (exact) mass is 584 g/mol. The highest BCUT2D eigenvalue weighted by Gasteiger charge is 2.47. The Balaban J connectivity index is 1.44. The van der Waals surface area contributed by atoms with Crippen molar-refractivity contribution < 1.29 is 18.3 Å². The molecule has 0 bridgehead atoms. The molecule has 1 saturated heterocycles. The molecule has 40 heavy (non-hydrogen) atoms. The summed E-state index contributed by atoms with van der Waals surface area (Å²) >= 11 is 7.89. The van der Waals surface area contributed by atoms with Gasteiger partial charge in [-0.05, 0) is 23.8 Å². The van der Waals surface area contributed by atoms with E-state index in [1.807, 2.05) is 40.6 Å². The minimum Gasteiger partial charge on any atom is -0.386 e. The molecule has 12 heteroatoms. The molecule has 0 amide bonds. The van der Waals surface area contributed by atoms with Crippen LogP contribution in [-0.4, -0.2) is 49.3 Å². The van der Waals surface area contributed by atoms with Gasteiger partial charge in [-0.3, -0.25) is 4.99 Å². The molecule has 0 saturated carbocycles. The van der Waals surface area contributed by atoms with E-state index < -0.39 is 24.0 Å². The smallest absolute Gasteiger partial charge is 0.333 e. The summed E-state index contributed by atoms with van der Waals surface area (Å²) in [5, 5.41) is 21.9. The Hall–Kier alpha value is -3.51. The number of rotatable bonds is 8. The third-order valence-corrected chi connectivity index (χ3v) is 8.05. The van der Waals surface area contributed by atoms with Crippen molar-refractivity contribution in [2.45, 2.75) is 31.2 Å². The standard InChI is InChI=1S/C28H24ClF3N6OS/c29-20-12-18(30)6-7-19(20)24-23(21-8-10-38(36-21)27(31)32)22-13-28(39,15-33-14-17-4-2-1-3-5-17)16-37(22)25(35-24)26-34-9-11-40-26/h1-12,24,27,33,39H,13-16H2/t24-,28+/m0/s1. The van der Waals surface area contributed by atoms with Crippen LogP contribution in [0.25, 0.3) is 5.57 Å². The third kappa shape index (κ3) is 5.17. The Morgan fingerprint density at radius 3 is 2.70 bits per heavy atom. The lowest BCUT2D eigenvalue weighted by Gasteiger charge is -2.32. The molecule has 1 fully saturated rings. The maximum Gasteiger partial charge on any atom is 0.333 e. The summed E-state index contributed by atoms with van der Waals surface area (Å²) in [6.07, 6.45) is 3.06. The Morgan fingerprint density at radius 1 is 1.18 bits per heavy atom. The fourth-order valence-electron chi connectivity index (χ4n) is 5.20. The Morgan fingerprint density at radius 2 is 2.00 bits per heavy atom. The number of halogens is 4. The minimum absolute atomic E-state index is 0.143. The van der Waals surface area contributed by atoms with Crippen LogP contribution >= 0.6 is 22.9 Å². The molecule has 0 spiro atoms. The van der Waals surface area contributed by atoms with Crippen LogP contribution in [0.3, 0.4) is 0 Å². The maximum atomic E-state index is 14.0. The summed E-state index contributed by atoms with van der Waals surface area (Å²) in [4.78, 5) is 11.3. The molecule has 4 heterocycles. The number of thiazole rings is 1. The van der Waals surface area contributed by atoms with Crippen molar-refractivity contribution in [2.24, 2.45) is 4.99 Å². The van der Waals surface area contributed by atoms with Crippen molar-refractivity contribution in [3.05, 3.63) is 111 Å². The molecule has 6 rings (SSSR count). The van der Waals surface area contributed by atoms with Crippen LogP contribution in [0.15, 0.2) is 83.1 Å². The second kappa shape index (κ2) is 10.8. The summed E-state index contributed by atoms with van der Waals surface area (Å²) in [7, 11) is 0. The molecule has 2 aromatic heterocycles. The van der Waals surface area contributed by atoms with Crippen LogP contribution in [0.1, 0.15) is 40.8 Å². The molecular weight excluding hydrogens is 561 g/mol. The van der Waals surface area contributed by atoms with Crippen LogP contribution in [0, 0.1) is 5.82 Å². The van der Waals surface area contributed by atoms with E-state index in [4.69, 9.17) is 16.6 Å². The van der Waals surface area contributed by atoms with Gasteiger partial charge < -0.3 is 15.3 Å². The lowest BCUT2D eigenvalue weighted by Crippen LogP contribution is -2.44. The molecule has 2 atom stereocenters. The normalized spacial score (nSPS) is 20.8. The minimum atomic E-state index is -2.83. The first-order chi connectivity index (χ1) is 19.3. The van der Waals surface area contributed by atoms with Crippen LogP contribution < -0.4 is 5.32 Å². The first-order valence-corrected chi connectivity index (χ1v) is 13.8. The molecule has 4 aromatic rings. The number of hydrogen-bond donors (Lipinski definition) is 2. The van der Waals surface area contributed by atoms with E-state index in [0.717, 1.165) is 5.56 Å². The van der Waals surface area contributed by atoms with Crippen molar-refractivity contribution in [2.75, 3.05) is 13.1 Å². The van der Waals surface area contributed by atoms with Crippen molar-refractivity contribution >= 4 is 34.3 Å². The molecule has 2 aliphatic heterocycles. The zero-order valence-electron chi connectivity index (χ0n) is 21.0. The van der Waals surface area contributed by atoms with E-state index in [1.165, 1.54) is 41.8 Å². The van der Waals surface area contributed by atoms with Gasteiger partial charge in [0.05, 0.1) is 12.2 Å². The Labute approximate surface area is 237 Å². The molecule has 7 nitrogen and oxygen atoms in total. The number of nitrogens with one attached hydrogen (secondary N) is 1. The number of benzene rings is 2. The zero-order chi connectivity index (χ0) is 27.9. The maximum absolute atomic E-state index is 14.0. The number of aliphatic hydroxyl groups is 1. The number of nitrogens with zero attached hydrogens (tertiary/aromatic N) is 5. The quantitative estimate of drug-likeness (QED) is 0.279. The SMILES string of the molecule is O[C@@]1(CNCc2ccccc2)CC2=C(c3ccn(C(F)F)n3)[C@H](c3ccc(F)cc3Cl)N=C(c3nccs3)N2C1. The molecule has 0 unspecified atom stereocenters. The van der Waals surface area contributed by atoms with Gasteiger partial charge in [0.2, 0.25) is 0 Å². The molecule has 2 N–H and O–H groups in total. The van der Waals surface area contributed by atoms with E-state index in [0.29, 0.717) is 38.9 Å². The predicted octanol–water partition coefficient (Wildman–Crippen LogP) is 5.67. The number of aliphatic imine (C=N–C) groups is 1. The lowest BCUT2D eigenvalue weighted by atomic mass is 9.91. The second-order valence-electron chi connectivity index (χ2n) is 9.75. The number of amidine groups is 1. The summed E-state index contributed by atoms with van der Waals surface area (Å²) in [5.41, 5.74) is 1.83. The highest BCUT2D eigenvalue weighted by Crippen LogP contribution is 2.48. The summed E-state index contributed by atoms with van der Waals surface area (Å²) in [6, 6.07) is 14.6. The Kier molecular flexibility index (Phi) is 7.22. The van der Waals surface area contributed by atoms with E-state index in [-0.39, 0.29) is 30.2 Å². The van der Waals surface area contributed by atoms with Crippen LogP contribution in [0.5, 0.6) is 0 Å². The van der Waals surface area contributed by atoms with E-state index in [9.17, 15) is 18.3 Å². The summed E-state index contributed by atoms with van der Waals surface area (Å²) in [6.45, 7) is -1.79. The molecule has 2 aromatic carbocycles. The summed E-state index contributed by atoms with van der Waals surface area (Å²) in [5.74, 6) is 0.0117. The summed E-state index contributed by atoms with van der Waals surface area (Å²) < 4.78 is 41.6. The van der Waals surface area contributed by atoms with Gasteiger partial charge >= 0.3 is 6.55 Å². The van der Waals surface area contributed by atoms with Crippen molar-refractivity contribution in [1.29, 1.82) is 0 Å². The van der Waals surface area contributed by atoms with Gasteiger partial charge in [-0.25, -0.2) is 14.1 Å². The van der Waals surface area contributed by atoms with Gasteiger partial charge in [0.25, 0.3) is 0 Å². The van der Waals surface area contributed by atoms with Gasteiger partial charge in [-0.2, -0.15) is 13.9 Å². The number of aromatic nitrogens is 3. The molecule has 206 valence electrons. The second-order valence-corrected chi connectivity index (χ2v) is 11.1. The fourth-order valence-corrected chi connectivity index (χ4v) is 6.11. The van der Waals surface area contributed by atoms with Gasteiger partial charge in [0, 0.05) is 59.1 Å². The number of alkyl halides is 2. The van der Waals surface area contributed by atoms with Crippen molar-refractivity contribution in [3.8, 4) is 0 Å². The van der Waals surface area contributed by atoms with Gasteiger partial charge in [0.15, 0.2) is 10.8 Å². The molecular formula is C28H24ClF3N6OS. The van der Waals surface area contributed by atoms with Gasteiger partial charge in [0.1, 0.15) is 17.5 Å². The Bertz CT molecular complexity index is 1580. The van der Waals surface area contributed by atoms with E-state index >= 15 is 0 Å². The molecule has 0 radical (unpaired) electrons. The lowest BCUT2D eigenvalue weighted by molar-refractivity contribution is 0.0551. The topological polar surface area (TPSA) is 78.6 Å². The van der Waals surface area contributed by atoms with E-state index in [2.05, 4.69) is 15.4 Å². The first-order valence-electron chi connectivity index (χ1n) is 12.6. The molecule has 2 aliphatic rings. The van der Waals surface area contributed by atoms with Gasteiger partial charge in [-0.1, -0.05) is 48.0 Å².